The highest BCUT2D eigenvalue weighted by molar-refractivity contribution is 6.08. The summed E-state index contributed by atoms with van der Waals surface area (Å²) < 4.78 is 0. The third kappa shape index (κ3) is 6.43. The lowest BCUT2D eigenvalue weighted by Crippen LogP contribution is -2.23. The van der Waals surface area contributed by atoms with Crippen molar-refractivity contribution in [3.05, 3.63) is 83.9 Å². The monoisotopic (exact) mass is 430 g/mol. The quantitative estimate of drug-likeness (QED) is 0.422. The fourth-order valence-electron chi connectivity index (χ4n) is 3.08. The summed E-state index contributed by atoms with van der Waals surface area (Å²) in [6.07, 6.45) is 0.933. The topological polar surface area (TPSA) is 99.3 Å². The zero-order valence-corrected chi connectivity index (χ0v) is 18.1. The van der Waals surface area contributed by atoms with Gasteiger partial charge in [0.1, 0.15) is 0 Å². The van der Waals surface area contributed by atoms with E-state index < -0.39 is 0 Å². The number of carbonyl (C=O) groups excluding carboxylic acids is 3. The highest BCUT2D eigenvalue weighted by atomic mass is 16.2. The molecule has 0 fully saturated rings. The molecular formula is C25H26N4O3. The number of aryl methyl sites for hydroxylation is 1. The van der Waals surface area contributed by atoms with Crippen molar-refractivity contribution in [1.29, 1.82) is 0 Å². The van der Waals surface area contributed by atoms with Gasteiger partial charge in [0.05, 0.1) is 12.1 Å². The molecule has 7 heteroatoms. The Balaban J connectivity index is 1.58. The van der Waals surface area contributed by atoms with Crippen LogP contribution in [0.3, 0.4) is 0 Å². The first kappa shape index (κ1) is 22.6. The molecule has 0 atom stereocenters. The van der Waals surface area contributed by atoms with Crippen LogP contribution in [0, 0.1) is 0 Å². The third-order valence-corrected chi connectivity index (χ3v) is 4.72. The molecule has 0 bridgehead atoms. The van der Waals surface area contributed by atoms with Gasteiger partial charge in [-0.05, 0) is 60.5 Å². The molecule has 0 spiro atoms. The molecule has 3 rings (SSSR count). The Morgan fingerprint density at radius 1 is 0.719 bits per heavy atom. The van der Waals surface area contributed by atoms with Crippen LogP contribution in [-0.4, -0.2) is 24.3 Å². The van der Waals surface area contributed by atoms with E-state index in [1.54, 1.807) is 48.5 Å². The summed E-state index contributed by atoms with van der Waals surface area (Å²) in [4.78, 5) is 36.2. The molecule has 32 heavy (non-hydrogen) atoms. The maximum Gasteiger partial charge on any atom is 0.257 e. The van der Waals surface area contributed by atoms with Crippen molar-refractivity contribution in [2.45, 2.75) is 20.3 Å². The van der Waals surface area contributed by atoms with Crippen molar-refractivity contribution < 1.29 is 14.4 Å². The van der Waals surface area contributed by atoms with Crippen LogP contribution in [0.5, 0.6) is 0 Å². The summed E-state index contributed by atoms with van der Waals surface area (Å²) in [5.41, 5.74) is 4.17. The second kappa shape index (κ2) is 10.8. The normalized spacial score (nSPS) is 10.2. The minimum atomic E-state index is -0.261. The molecule has 3 aromatic rings. The number of anilines is 4. The molecule has 3 aromatic carbocycles. The van der Waals surface area contributed by atoms with E-state index in [2.05, 4.69) is 28.2 Å². The van der Waals surface area contributed by atoms with E-state index >= 15 is 0 Å². The van der Waals surface area contributed by atoms with E-state index in [-0.39, 0.29) is 24.3 Å². The number of amides is 3. The smallest absolute Gasteiger partial charge is 0.257 e. The molecule has 0 aromatic heterocycles. The van der Waals surface area contributed by atoms with Gasteiger partial charge in [0.2, 0.25) is 11.8 Å². The minimum absolute atomic E-state index is 0.0110. The summed E-state index contributed by atoms with van der Waals surface area (Å²) in [5, 5.41) is 11.4. The summed E-state index contributed by atoms with van der Waals surface area (Å²) in [6, 6.07) is 21.6. The molecule has 0 aliphatic rings. The lowest BCUT2D eigenvalue weighted by molar-refractivity contribution is -0.115. The van der Waals surface area contributed by atoms with Crippen molar-refractivity contribution in [3.63, 3.8) is 0 Å². The Morgan fingerprint density at radius 2 is 1.28 bits per heavy atom. The van der Waals surface area contributed by atoms with Crippen LogP contribution >= 0.6 is 0 Å². The van der Waals surface area contributed by atoms with Gasteiger partial charge < -0.3 is 21.3 Å². The Labute approximate surface area is 187 Å². The highest BCUT2D eigenvalue weighted by Gasteiger charge is 2.12. The summed E-state index contributed by atoms with van der Waals surface area (Å²) in [7, 11) is 0. The van der Waals surface area contributed by atoms with E-state index in [0.29, 0.717) is 28.3 Å². The van der Waals surface area contributed by atoms with Crippen LogP contribution in [0.1, 0.15) is 29.8 Å². The van der Waals surface area contributed by atoms with Gasteiger partial charge in [0.25, 0.3) is 5.91 Å². The van der Waals surface area contributed by atoms with E-state index in [4.69, 9.17) is 0 Å². The molecule has 0 unspecified atom stereocenters. The number of carbonyl (C=O) groups is 3. The lowest BCUT2D eigenvalue weighted by atomic mass is 10.1. The Kier molecular flexibility index (Phi) is 7.59. The maximum absolute atomic E-state index is 12.8. The predicted octanol–water partition coefficient (Wildman–Crippen LogP) is 4.51. The average Bonchev–Trinajstić information content (AvgIpc) is 2.79. The molecule has 4 N–H and O–H groups in total. The van der Waals surface area contributed by atoms with E-state index in [9.17, 15) is 14.4 Å². The van der Waals surface area contributed by atoms with Crippen LogP contribution < -0.4 is 21.3 Å². The second-order valence-corrected chi connectivity index (χ2v) is 7.21. The van der Waals surface area contributed by atoms with Gasteiger partial charge in [0, 0.05) is 29.7 Å². The van der Waals surface area contributed by atoms with Crippen molar-refractivity contribution in [2.75, 3.05) is 27.8 Å². The molecule has 164 valence electrons. The van der Waals surface area contributed by atoms with Gasteiger partial charge in [-0.2, -0.15) is 0 Å². The largest absolute Gasteiger partial charge is 0.376 e. The third-order valence-electron chi connectivity index (χ3n) is 4.72. The Bertz CT molecular complexity index is 1090. The molecule has 0 saturated heterocycles. The van der Waals surface area contributed by atoms with E-state index in [0.717, 1.165) is 6.42 Å². The van der Waals surface area contributed by atoms with Crippen LogP contribution in [0.4, 0.5) is 22.7 Å². The van der Waals surface area contributed by atoms with Crippen molar-refractivity contribution >= 4 is 40.5 Å². The van der Waals surface area contributed by atoms with Crippen LogP contribution in [-0.2, 0) is 16.0 Å². The fraction of sp³-hybridized carbons (Fsp3) is 0.160. The van der Waals surface area contributed by atoms with Crippen LogP contribution in [0.15, 0.2) is 72.8 Å². The van der Waals surface area contributed by atoms with Crippen LogP contribution in [0.25, 0.3) is 0 Å². The standard InChI is InChI=1S/C25H26N4O3/c1-3-18-8-10-21(11-9-18)29-25(32)22-6-4-5-7-23(22)26-16-24(31)28-20-14-12-19(13-15-20)27-17(2)30/h4-15,26H,3,16H2,1-2H3,(H,27,30)(H,28,31)(H,29,32). The molecular weight excluding hydrogens is 404 g/mol. The molecule has 0 heterocycles. The Hall–Kier alpha value is -4.13. The minimum Gasteiger partial charge on any atom is -0.376 e. The summed E-state index contributed by atoms with van der Waals surface area (Å²) in [6.45, 7) is 3.50. The molecule has 0 aliphatic heterocycles. The number of hydrogen-bond acceptors (Lipinski definition) is 4. The summed E-state index contributed by atoms with van der Waals surface area (Å²) >= 11 is 0. The molecule has 3 amide bonds. The molecule has 0 saturated carbocycles. The number of nitrogens with one attached hydrogen (secondary N) is 4. The van der Waals surface area contributed by atoms with Crippen molar-refractivity contribution in [2.24, 2.45) is 0 Å². The van der Waals surface area contributed by atoms with Crippen molar-refractivity contribution in [1.82, 2.24) is 0 Å². The highest BCUT2D eigenvalue weighted by Crippen LogP contribution is 2.18. The van der Waals surface area contributed by atoms with E-state index in [1.165, 1.54) is 12.5 Å². The predicted molar refractivity (Wildman–Crippen MR) is 128 cm³/mol. The molecule has 0 aliphatic carbocycles. The molecule has 7 nitrogen and oxygen atoms in total. The van der Waals surface area contributed by atoms with Gasteiger partial charge in [-0.25, -0.2) is 0 Å². The number of para-hydroxylation sites is 1. The SMILES string of the molecule is CCc1ccc(NC(=O)c2ccccc2NCC(=O)Nc2ccc(NC(C)=O)cc2)cc1. The fourth-order valence-corrected chi connectivity index (χ4v) is 3.08. The number of hydrogen-bond donors (Lipinski definition) is 4. The number of benzene rings is 3. The zero-order valence-electron chi connectivity index (χ0n) is 18.1. The van der Waals surface area contributed by atoms with Gasteiger partial charge >= 0.3 is 0 Å². The second-order valence-electron chi connectivity index (χ2n) is 7.21. The van der Waals surface area contributed by atoms with Gasteiger partial charge in [-0.15, -0.1) is 0 Å². The zero-order chi connectivity index (χ0) is 22.9. The average molecular weight is 431 g/mol. The first-order valence-electron chi connectivity index (χ1n) is 10.4. The first-order chi connectivity index (χ1) is 15.4. The lowest BCUT2D eigenvalue weighted by Gasteiger charge is -2.13. The first-order valence-corrected chi connectivity index (χ1v) is 10.4. The van der Waals surface area contributed by atoms with Gasteiger partial charge in [-0.3, -0.25) is 14.4 Å². The Morgan fingerprint density at radius 3 is 1.91 bits per heavy atom. The molecule has 0 radical (unpaired) electrons. The maximum atomic E-state index is 12.8. The van der Waals surface area contributed by atoms with Gasteiger partial charge in [-0.1, -0.05) is 31.2 Å². The van der Waals surface area contributed by atoms with Crippen molar-refractivity contribution in [3.8, 4) is 0 Å². The van der Waals surface area contributed by atoms with Gasteiger partial charge in [0.15, 0.2) is 0 Å². The summed E-state index contributed by atoms with van der Waals surface area (Å²) in [5.74, 6) is -0.680. The number of rotatable bonds is 8. The van der Waals surface area contributed by atoms with Crippen LogP contribution in [0.2, 0.25) is 0 Å². The van der Waals surface area contributed by atoms with E-state index in [1.807, 2.05) is 24.3 Å².